The average molecular weight is 171 g/mol. The molecule has 1 atom stereocenters. The minimum atomic E-state index is -0.770. The Balaban J connectivity index is 2.41. The maximum atomic E-state index is 13.3. The largest absolute Gasteiger partial charge is 0.330 e. The van der Waals surface area contributed by atoms with Gasteiger partial charge in [0, 0.05) is 0 Å². The average Bonchev–Trinajstić information content (AvgIpc) is 2.32. The smallest absolute Gasteiger partial charge is 0.122 e. The number of nitrogens with two attached hydrogens (primary N) is 1. The van der Waals surface area contributed by atoms with Gasteiger partial charge in [0.05, 0.1) is 0 Å². The van der Waals surface area contributed by atoms with Gasteiger partial charge in [-0.25, -0.2) is 4.39 Å². The number of rotatable bonds is 3. The van der Waals surface area contributed by atoms with E-state index in [1.807, 2.05) is 0 Å². The zero-order valence-electron chi connectivity index (χ0n) is 7.56. The van der Waals surface area contributed by atoms with Crippen molar-refractivity contribution in [2.45, 2.75) is 44.7 Å². The Labute approximate surface area is 73.8 Å². The van der Waals surface area contributed by atoms with Gasteiger partial charge in [-0.05, 0) is 44.2 Å². The molecule has 0 saturated heterocycles. The van der Waals surface area contributed by atoms with Gasteiger partial charge in [-0.3, -0.25) is 0 Å². The lowest BCUT2D eigenvalue weighted by atomic mass is 10.0. The summed E-state index contributed by atoms with van der Waals surface area (Å²) >= 11 is 0. The van der Waals surface area contributed by atoms with E-state index in [9.17, 15) is 4.39 Å². The van der Waals surface area contributed by atoms with E-state index in [0.717, 1.165) is 24.8 Å². The summed E-state index contributed by atoms with van der Waals surface area (Å²) in [7, 11) is 0. The highest BCUT2D eigenvalue weighted by molar-refractivity contribution is 5.09. The SMILES string of the molecule is NCCC(F)C1=CCCCCC1. The molecule has 0 amide bonds. The molecule has 1 unspecified atom stereocenters. The molecule has 0 aromatic carbocycles. The molecule has 0 aliphatic heterocycles. The summed E-state index contributed by atoms with van der Waals surface area (Å²) in [5, 5.41) is 0. The minimum absolute atomic E-state index is 0.457. The van der Waals surface area contributed by atoms with Crippen molar-refractivity contribution >= 4 is 0 Å². The van der Waals surface area contributed by atoms with Crippen LogP contribution in [0.4, 0.5) is 4.39 Å². The second kappa shape index (κ2) is 5.31. The van der Waals surface area contributed by atoms with E-state index in [4.69, 9.17) is 5.73 Å². The Hall–Kier alpha value is -0.370. The molecule has 1 aliphatic carbocycles. The Bertz CT molecular complexity index is 154. The number of hydrogen-bond acceptors (Lipinski definition) is 1. The van der Waals surface area contributed by atoms with Gasteiger partial charge in [-0.15, -0.1) is 0 Å². The highest BCUT2D eigenvalue weighted by Crippen LogP contribution is 2.22. The first-order valence-corrected chi connectivity index (χ1v) is 4.87. The van der Waals surface area contributed by atoms with Crippen molar-refractivity contribution in [1.82, 2.24) is 0 Å². The summed E-state index contributed by atoms with van der Waals surface area (Å²) in [5.74, 6) is 0. The van der Waals surface area contributed by atoms with E-state index in [-0.39, 0.29) is 0 Å². The van der Waals surface area contributed by atoms with Crippen molar-refractivity contribution in [1.29, 1.82) is 0 Å². The molecule has 0 radical (unpaired) electrons. The highest BCUT2D eigenvalue weighted by atomic mass is 19.1. The molecule has 1 rings (SSSR count). The summed E-state index contributed by atoms with van der Waals surface area (Å²) in [6, 6.07) is 0. The van der Waals surface area contributed by atoms with Crippen LogP contribution < -0.4 is 5.73 Å². The van der Waals surface area contributed by atoms with E-state index in [2.05, 4.69) is 6.08 Å². The van der Waals surface area contributed by atoms with E-state index in [1.54, 1.807) is 0 Å². The second-order valence-corrected chi connectivity index (χ2v) is 3.42. The third kappa shape index (κ3) is 2.94. The van der Waals surface area contributed by atoms with Gasteiger partial charge in [0.1, 0.15) is 6.17 Å². The number of hydrogen-bond donors (Lipinski definition) is 1. The van der Waals surface area contributed by atoms with Crippen molar-refractivity contribution < 1.29 is 4.39 Å². The van der Waals surface area contributed by atoms with Crippen LogP contribution in [-0.4, -0.2) is 12.7 Å². The number of alkyl halides is 1. The van der Waals surface area contributed by atoms with Crippen molar-refractivity contribution in [3.8, 4) is 0 Å². The van der Waals surface area contributed by atoms with E-state index in [0.29, 0.717) is 13.0 Å². The molecular formula is C10H18FN. The van der Waals surface area contributed by atoms with Crippen LogP contribution in [0.15, 0.2) is 11.6 Å². The van der Waals surface area contributed by atoms with Gasteiger partial charge in [0.2, 0.25) is 0 Å². The van der Waals surface area contributed by atoms with Crippen LogP contribution in [0.1, 0.15) is 38.5 Å². The predicted molar refractivity (Wildman–Crippen MR) is 49.7 cm³/mol. The number of allylic oxidation sites excluding steroid dienone is 2. The van der Waals surface area contributed by atoms with Crippen LogP contribution in [0.3, 0.4) is 0 Å². The van der Waals surface area contributed by atoms with Gasteiger partial charge in [0.15, 0.2) is 0 Å². The lowest BCUT2D eigenvalue weighted by Gasteiger charge is -2.09. The maximum absolute atomic E-state index is 13.3. The van der Waals surface area contributed by atoms with Crippen LogP contribution in [0.25, 0.3) is 0 Å². The molecule has 1 aliphatic rings. The Morgan fingerprint density at radius 1 is 1.42 bits per heavy atom. The monoisotopic (exact) mass is 171 g/mol. The van der Waals surface area contributed by atoms with Crippen molar-refractivity contribution in [2.75, 3.05) is 6.54 Å². The predicted octanol–water partition coefficient (Wildman–Crippen LogP) is 2.56. The fourth-order valence-corrected chi connectivity index (χ4v) is 1.66. The first-order valence-electron chi connectivity index (χ1n) is 4.87. The molecule has 2 heteroatoms. The lowest BCUT2D eigenvalue weighted by molar-refractivity contribution is 0.355. The van der Waals surface area contributed by atoms with Crippen LogP contribution >= 0.6 is 0 Å². The van der Waals surface area contributed by atoms with E-state index >= 15 is 0 Å². The highest BCUT2D eigenvalue weighted by Gasteiger charge is 2.12. The molecule has 1 nitrogen and oxygen atoms in total. The van der Waals surface area contributed by atoms with Crippen molar-refractivity contribution in [2.24, 2.45) is 5.73 Å². The lowest BCUT2D eigenvalue weighted by Crippen LogP contribution is -2.11. The first-order chi connectivity index (χ1) is 5.84. The topological polar surface area (TPSA) is 26.0 Å². The number of halogens is 1. The Kier molecular flexibility index (Phi) is 4.30. The molecule has 2 N–H and O–H groups in total. The summed E-state index contributed by atoms with van der Waals surface area (Å²) in [5.41, 5.74) is 6.31. The first kappa shape index (κ1) is 9.72. The Morgan fingerprint density at radius 2 is 2.25 bits per heavy atom. The second-order valence-electron chi connectivity index (χ2n) is 3.42. The van der Waals surface area contributed by atoms with Gasteiger partial charge in [0.25, 0.3) is 0 Å². The molecule has 0 aromatic heterocycles. The summed E-state index contributed by atoms with van der Waals surface area (Å²) in [6.07, 6.45) is 7.42. The Morgan fingerprint density at radius 3 is 3.00 bits per heavy atom. The third-order valence-electron chi connectivity index (χ3n) is 2.40. The quantitative estimate of drug-likeness (QED) is 0.649. The van der Waals surface area contributed by atoms with Crippen molar-refractivity contribution in [3.05, 3.63) is 11.6 Å². The zero-order valence-corrected chi connectivity index (χ0v) is 7.56. The molecule has 12 heavy (non-hydrogen) atoms. The summed E-state index contributed by atoms with van der Waals surface area (Å²) < 4.78 is 13.3. The van der Waals surface area contributed by atoms with Gasteiger partial charge in [-0.1, -0.05) is 12.5 Å². The van der Waals surface area contributed by atoms with E-state index in [1.165, 1.54) is 12.8 Å². The fourth-order valence-electron chi connectivity index (χ4n) is 1.66. The molecule has 70 valence electrons. The van der Waals surface area contributed by atoms with Crippen LogP contribution in [0.5, 0.6) is 0 Å². The minimum Gasteiger partial charge on any atom is -0.330 e. The molecule has 0 fully saturated rings. The molecule has 0 bridgehead atoms. The van der Waals surface area contributed by atoms with Crippen LogP contribution in [0, 0.1) is 0 Å². The summed E-state index contributed by atoms with van der Waals surface area (Å²) in [4.78, 5) is 0. The molecule has 0 heterocycles. The van der Waals surface area contributed by atoms with E-state index < -0.39 is 6.17 Å². The fraction of sp³-hybridized carbons (Fsp3) is 0.800. The summed E-state index contributed by atoms with van der Waals surface area (Å²) in [6.45, 7) is 0.457. The zero-order chi connectivity index (χ0) is 8.81. The van der Waals surface area contributed by atoms with Gasteiger partial charge in [-0.2, -0.15) is 0 Å². The van der Waals surface area contributed by atoms with Gasteiger partial charge >= 0.3 is 0 Å². The molecule has 0 saturated carbocycles. The van der Waals surface area contributed by atoms with Crippen LogP contribution in [-0.2, 0) is 0 Å². The standard InChI is InChI=1S/C10H18FN/c11-10(7-8-12)9-5-3-1-2-4-6-9/h5,10H,1-4,6-8,12H2. The van der Waals surface area contributed by atoms with Crippen LogP contribution in [0.2, 0.25) is 0 Å². The molecule has 0 spiro atoms. The maximum Gasteiger partial charge on any atom is 0.122 e. The third-order valence-corrected chi connectivity index (χ3v) is 2.40. The van der Waals surface area contributed by atoms with Gasteiger partial charge < -0.3 is 5.73 Å². The van der Waals surface area contributed by atoms with Crippen molar-refractivity contribution in [3.63, 3.8) is 0 Å². The normalized spacial score (nSPS) is 21.3. The molecular weight excluding hydrogens is 153 g/mol. The molecule has 0 aromatic rings.